The van der Waals surface area contributed by atoms with Gasteiger partial charge >= 0.3 is 0 Å². The van der Waals surface area contributed by atoms with Crippen LogP contribution in [-0.4, -0.2) is 20.9 Å². The average Bonchev–Trinajstić information content (AvgIpc) is 2.86. The van der Waals surface area contributed by atoms with Crippen molar-refractivity contribution in [1.82, 2.24) is 0 Å². The summed E-state index contributed by atoms with van der Waals surface area (Å²) in [6.07, 6.45) is 1.57. The van der Waals surface area contributed by atoms with Crippen LogP contribution in [-0.2, 0) is 21.2 Å². The molecule has 1 amide bonds. The van der Waals surface area contributed by atoms with E-state index < -0.39 is 10.0 Å². The van der Waals surface area contributed by atoms with E-state index in [0.29, 0.717) is 6.54 Å². The fourth-order valence-electron chi connectivity index (χ4n) is 3.61. The maximum atomic E-state index is 12.9. The molecule has 0 aromatic heterocycles. The van der Waals surface area contributed by atoms with Crippen LogP contribution in [0.25, 0.3) is 0 Å². The highest BCUT2D eigenvalue weighted by Crippen LogP contribution is 2.44. The Morgan fingerprint density at radius 1 is 1.23 bits per heavy atom. The van der Waals surface area contributed by atoms with Crippen molar-refractivity contribution in [1.29, 1.82) is 0 Å². The van der Waals surface area contributed by atoms with Gasteiger partial charge in [-0.1, -0.05) is 29.3 Å². The Bertz CT molecular complexity index is 1040. The predicted octanol–water partition coefficient (Wildman–Crippen LogP) is 4.19. The fourth-order valence-corrected chi connectivity index (χ4v) is 5.17. The van der Waals surface area contributed by atoms with Crippen molar-refractivity contribution >= 4 is 50.5 Å². The summed E-state index contributed by atoms with van der Waals surface area (Å²) in [5.74, 6) is -0.312. The predicted molar refractivity (Wildman–Crippen MR) is 103 cm³/mol. The molecule has 136 valence electrons. The van der Waals surface area contributed by atoms with E-state index >= 15 is 0 Å². The summed E-state index contributed by atoms with van der Waals surface area (Å²) in [6.45, 7) is 2.50. The molecule has 0 bridgehead atoms. The molecule has 0 unspecified atom stereocenters. The summed E-state index contributed by atoms with van der Waals surface area (Å²) in [5, 5.41) is 0.417. The minimum atomic E-state index is -3.86. The van der Waals surface area contributed by atoms with Gasteiger partial charge in [-0.25, -0.2) is 8.42 Å². The van der Waals surface area contributed by atoms with E-state index in [4.69, 9.17) is 23.2 Å². The first-order chi connectivity index (χ1) is 12.3. The summed E-state index contributed by atoms with van der Waals surface area (Å²) in [7, 11) is -3.86. The summed E-state index contributed by atoms with van der Waals surface area (Å²) >= 11 is 12.1. The molecular formula is C18H16Cl2N2O3S. The molecule has 4 rings (SSSR count). The summed E-state index contributed by atoms with van der Waals surface area (Å²) in [6, 6.07) is 8.00. The van der Waals surface area contributed by atoms with E-state index in [1.54, 1.807) is 35.2 Å². The van der Waals surface area contributed by atoms with E-state index in [9.17, 15) is 13.2 Å². The van der Waals surface area contributed by atoms with Crippen LogP contribution in [0, 0.1) is 0 Å². The molecular weight excluding hydrogens is 395 g/mol. The van der Waals surface area contributed by atoms with Crippen molar-refractivity contribution in [2.45, 2.75) is 30.6 Å². The molecule has 2 aromatic carbocycles. The number of carbonyl (C=O) groups excluding carboxylic acids is 1. The van der Waals surface area contributed by atoms with Gasteiger partial charge in [0.2, 0.25) is 5.91 Å². The number of nitrogens with one attached hydrogen (secondary N) is 1. The van der Waals surface area contributed by atoms with Crippen LogP contribution in [0.4, 0.5) is 11.4 Å². The second-order valence-corrected chi connectivity index (χ2v) is 9.01. The number of halogens is 2. The van der Waals surface area contributed by atoms with Gasteiger partial charge in [0.05, 0.1) is 32.2 Å². The summed E-state index contributed by atoms with van der Waals surface area (Å²) < 4.78 is 28.3. The number of rotatable bonds is 3. The van der Waals surface area contributed by atoms with E-state index in [2.05, 4.69) is 4.72 Å². The highest BCUT2D eigenvalue weighted by atomic mass is 35.5. The molecule has 0 saturated carbocycles. The van der Waals surface area contributed by atoms with Gasteiger partial charge in [-0.2, -0.15) is 0 Å². The third-order valence-corrected chi connectivity index (χ3v) is 7.06. The third-order valence-electron chi connectivity index (χ3n) is 4.90. The Balaban J connectivity index is 1.79. The molecule has 2 aromatic rings. The topological polar surface area (TPSA) is 66.5 Å². The van der Waals surface area contributed by atoms with Crippen LogP contribution in [0.5, 0.6) is 0 Å². The number of nitrogens with zero attached hydrogens (tertiary/aromatic N) is 1. The highest BCUT2D eigenvalue weighted by molar-refractivity contribution is 7.92. The minimum absolute atomic E-state index is 0.0290. The van der Waals surface area contributed by atoms with Gasteiger partial charge in [0.25, 0.3) is 10.0 Å². The van der Waals surface area contributed by atoms with Crippen LogP contribution >= 0.6 is 23.2 Å². The lowest BCUT2D eigenvalue weighted by molar-refractivity contribution is -0.119. The van der Waals surface area contributed by atoms with Crippen LogP contribution in [0.3, 0.4) is 0 Å². The molecule has 0 aliphatic carbocycles. The molecule has 2 aliphatic rings. The third kappa shape index (κ3) is 2.68. The Kier molecular flexibility index (Phi) is 4.17. The SMILES string of the molecule is C[C@@H]1C(=O)N2CCCc3cc(S(=O)(=O)Nc4cccc(Cl)c4Cl)cc1c32. The summed E-state index contributed by atoms with van der Waals surface area (Å²) in [5.41, 5.74) is 2.77. The van der Waals surface area contributed by atoms with Gasteiger partial charge < -0.3 is 4.90 Å². The Labute approximate surface area is 162 Å². The maximum absolute atomic E-state index is 12.9. The van der Waals surface area contributed by atoms with Gasteiger partial charge in [-0.15, -0.1) is 0 Å². The first kappa shape index (κ1) is 17.6. The summed E-state index contributed by atoms with van der Waals surface area (Å²) in [4.78, 5) is 14.3. The number of anilines is 2. The number of aryl methyl sites for hydroxylation is 1. The quantitative estimate of drug-likeness (QED) is 0.824. The van der Waals surface area contributed by atoms with Crippen molar-refractivity contribution in [3.05, 3.63) is 51.5 Å². The second kappa shape index (κ2) is 6.15. The lowest BCUT2D eigenvalue weighted by Crippen LogP contribution is -2.32. The fraction of sp³-hybridized carbons (Fsp3) is 0.278. The number of benzene rings is 2. The Hall–Kier alpha value is -1.76. The van der Waals surface area contributed by atoms with E-state index in [0.717, 1.165) is 29.7 Å². The van der Waals surface area contributed by atoms with Gasteiger partial charge in [-0.05, 0) is 55.2 Å². The van der Waals surface area contributed by atoms with Crippen molar-refractivity contribution < 1.29 is 13.2 Å². The molecule has 0 spiro atoms. The van der Waals surface area contributed by atoms with Gasteiger partial charge in [0, 0.05) is 6.54 Å². The zero-order chi connectivity index (χ0) is 18.6. The Morgan fingerprint density at radius 3 is 2.77 bits per heavy atom. The van der Waals surface area contributed by atoms with Gasteiger partial charge in [0.15, 0.2) is 0 Å². The zero-order valence-corrected chi connectivity index (χ0v) is 16.2. The Morgan fingerprint density at radius 2 is 2.00 bits per heavy atom. The molecule has 2 heterocycles. The molecule has 0 fully saturated rings. The van der Waals surface area contributed by atoms with Crippen molar-refractivity contribution in [3.8, 4) is 0 Å². The van der Waals surface area contributed by atoms with Crippen molar-refractivity contribution in [2.24, 2.45) is 0 Å². The molecule has 5 nitrogen and oxygen atoms in total. The van der Waals surface area contributed by atoms with E-state index in [1.165, 1.54) is 0 Å². The first-order valence-corrected chi connectivity index (χ1v) is 10.5. The number of sulfonamides is 1. The monoisotopic (exact) mass is 410 g/mol. The maximum Gasteiger partial charge on any atom is 0.261 e. The first-order valence-electron chi connectivity index (χ1n) is 8.24. The van der Waals surface area contributed by atoms with Gasteiger partial charge in [0.1, 0.15) is 0 Å². The molecule has 0 saturated heterocycles. The van der Waals surface area contributed by atoms with Gasteiger partial charge in [-0.3, -0.25) is 9.52 Å². The van der Waals surface area contributed by atoms with Crippen LogP contribution in [0.1, 0.15) is 30.4 Å². The smallest absolute Gasteiger partial charge is 0.261 e. The highest BCUT2D eigenvalue weighted by Gasteiger charge is 2.38. The molecule has 0 radical (unpaired) electrons. The van der Waals surface area contributed by atoms with Crippen LogP contribution in [0.2, 0.25) is 10.0 Å². The van der Waals surface area contributed by atoms with Crippen LogP contribution in [0.15, 0.2) is 35.2 Å². The molecule has 1 N–H and O–H groups in total. The number of hydrogen-bond donors (Lipinski definition) is 1. The molecule has 1 atom stereocenters. The van der Waals surface area contributed by atoms with Crippen LogP contribution < -0.4 is 9.62 Å². The number of hydrogen-bond acceptors (Lipinski definition) is 3. The number of amides is 1. The normalized spacial score (nSPS) is 18.8. The van der Waals surface area contributed by atoms with E-state index in [1.807, 2.05) is 6.92 Å². The molecule has 26 heavy (non-hydrogen) atoms. The molecule has 8 heteroatoms. The number of carbonyl (C=O) groups is 1. The zero-order valence-electron chi connectivity index (χ0n) is 13.9. The van der Waals surface area contributed by atoms with Crippen molar-refractivity contribution in [2.75, 3.05) is 16.2 Å². The lowest BCUT2D eigenvalue weighted by atomic mass is 9.97. The average molecular weight is 411 g/mol. The lowest BCUT2D eigenvalue weighted by Gasteiger charge is -2.26. The minimum Gasteiger partial charge on any atom is -0.311 e. The van der Waals surface area contributed by atoms with E-state index in [-0.39, 0.29) is 32.5 Å². The van der Waals surface area contributed by atoms with Crippen molar-refractivity contribution in [3.63, 3.8) is 0 Å². The largest absolute Gasteiger partial charge is 0.311 e. The second-order valence-electron chi connectivity index (χ2n) is 6.54. The standard InChI is InChI=1S/C18H16Cl2N2O3S/c1-10-13-9-12(8-11-4-3-7-22(17(11)13)18(10)23)26(24,25)21-15-6-2-5-14(19)16(15)20/h2,5-6,8-10,21H,3-4,7H2,1H3/t10-/m0/s1. The molecule has 2 aliphatic heterocycles.